The number of rotatable bonds is 5. The molecular formula is C27H23N3O4S2. The van der Waals surface area contributed by atoms with Gasteiger partial charge in [0.25, 0.3) is 5.91 Å². The number of aryl methyl sites for hydroxylation is 2. The molecule has 182 valence electrons. The van der Waals surface area contributed by atoms with Crippen LogP contribution in [0.2, 0.25) is 0 Å². The van der Waals surface area contributed by atoms with Gasteiger partial charge in [0.1, 0.15) is 0 Å². The van der Waals surface area contributed by atoms with Gasteiger partial charge in [-0.1, -0.05) is 12.1 Å². The summed E-state index contributed by atoms with van der Waals surface area (Å²) in [5.74, 6) is 1.28. The fourth-order valence-electron chi connectivity index (χ4n) is 4.59. The number of amides is 2. The molecule has 0 spiro atoms. The summed E-state index contributed by atoms with van der Waals surface area (Å²) in [6, 6.07) is 13.6. The van der Waals surface area contributed by atoms with E-state index in [2.05, 4.69) is 11.4 Å². The van der Waals surface area contributed by atoms with E-state index in [0.717, 1.165) is 49.8 Å². The Morgan fingerprint density at radius 3 is 2.78 bits per heavy atom. The Kier molecular flexibility index (Phi) is 5.73. The number of thiazole rings is 1. The van der Waals surface area contributed by atoms with Crippen molar-refractivity contribution in [2.75, 3.05) is 23.6 Å². The number of carbonyl (C=O) groups excluding carboxylic acids is 2. The summed E-state index contributed by atoms with van der Waals surface area (Å²) in [7, 11) is 0. The lowest BCUT2D eigenvalue weighted by Gasteiger charge is -2.17. The molecule has 2 aliphatic heterocycles. The predicted molar refractivity (Wildman–Crippen MR) is 142 cm³/mol. The maximum Gasteiger partial charge on any atom is 0.268 e. The topological polar surface area (TPSA) is 80.8 Å². The average molecular weight is 518 g/mol. The van der Waals surface area contributed by atoms with Gasteiger partial charge in [-0.15, -0.1) is 22.7 Å². The van der Waals surface area contributed by atoms with E-state index >= 15 is 0 Å². The van der Waals surface area contributed by atoms with E-state index in [9.17, 15) is 9.59 Å². The van der Waals surface area contributed by atoms with Gasteiger partial charge in [-0.25, -0.2) is 4.98 Å². The summed E-state index contributed by atoms with van der Waals surface area (Å²) in [6.45, 7) is 4.85. The Morgan fingerprint density at radius 1 is 1.08 bits per heavy atom. The number of hydrogen-bond acceptors (Lipinski definition) is 7. The summed E-state index contributed by atoms with van der Waals surface area (Å²) in [5.41, 5.74) is 5.79. The van der Waals surface area contributed by atoms with Crippen LogP contribution in [0.1, 0.15) is 31.2 Å². The van der Waals surface area contributed by atoms with E-state index in [1.54, 1.807) is 0 Å². The molecule has 0 saturated carbocycles. The lowest BCUT2D eigenvalue weighted by molar-refractivity contribution is -0.115. The summed E-state index contributed by atoms with van der Waals surface area (Å²) in [5, 5.41) is 5.45. The summed E-state index contributed by atoms with van der Waals surface area (Å²) in [4.78, 5) is 34.1. The number of thiophene rings is 1. The van der Waals surface area contributed by atoms with E-state index in [1.807, 2.05) is 60.5 Å². The van der Waals surface area contributed by atoms with Crippen LogP contribution in [0.25, 0.3) is 11.3 Å². The Labute approximate surface area is 216 Å². The molecule has 9 heteroatoms. The maximum atomic E-state index is 13.1. The van der Waals surface area contributed by atoms with Crippen LogP contribution in [0.3, 0.4) is 0 Å². The Balaban J connectivity index is 1.17. The zero-order chi connectivity index (χ0) is 24.8. The van der Waals surface area contributed by atoms with E-state index < -0.39 is 0 Å². The first-order valence-electron chi connectivity index (χ1n) is 11.6. The number of carbonyl (C=O) groups is 2. The lowest BCUT2D eigenvalue weighted by Crippen LogP contribution is -2.28. The van der Waals surface area contributed by atoms with Crippen LogP contribution in [-0.2, 0) is 17.6 Å². The molecule has 2 aliphatic rings. The second-order valence-electron chi connectivity index (χ2n) is 8.82. The largest absolute Gasteiger partial charge is 0.454 e. The number of hydrogen-bond donors (Lipinski definition) is 1. The number of nitrogens with one attached hydrogen (secondary N) is 1. The van der Waals surface area contributed by atoms with Gasteiger partial charge in [-0.05, 0) is 72.7 Å². The molecule has 4 aromatic rings. The first-order chi connectivity index (χ1) is 17.5. The van der Waals surface area contributed by atoms with Crippen molar-refractivity contribution in [2.45, 2.75) is 26.7 Å². The molecule has 0 atom stereocenters. The number of nitrogens with zero attached hydrogens (tertiary/aromatic N) is 2. The van der Waals surface area contributed by atoms with Gasteiger partial charge in [0.05, 0.1) is 17.0 Å². The Bertz CT molecular complexity index is 1510. The van der Waals surface area contributed by atoms with Crippen molar-refractivity contribution in [3.05, 3.63) is 74.3 Å². The molecule has 0 saturated heterocycles. The minimum atomic E-state index is -0.138. The highest BCUT2D eigenvalue weighted by molar-refractivity contribution is 7.16. The summed E-state index contributed by atoms with van der Waals surface area (Å²) in [6.07, 6.45) is 1.03. The van der Waals surface area contributed by atoms with Crippen molar-refractivity contribution in [3.8, 4) is 22.8 Å². The van der Waals surface area contributed by atoms with Crippen LogP contribution < -0.4 is 19.7 Å². The molecular weight excluding hydrogens is 494 g/mol. The molecule has 2 amide bonds. The quantitative estimate of drug-likeness (QED) is 0.373. The van der Waals surface area contributed by atoms with Crippen molar-refractivity contribution >= 4 is 45.3 Å². The predicted octanol–water partition coefficient (Wildman–Crippen LogP) is 5.60. The van der Waals surface area contributed by atoms with Crippen LogP contribution in [0.15, 0.2) is 47.8 Å². The van der Waals surface area contributed by atoms with Gasteiger partial charge >= 0.3 is 0 Å². The second-order valence-corrected chi connectivity index (χ2v) is 10.9. The minimum Gasteiger partial charge on any atom is -0.454 e. The van der Waals surface area contributed by atoms with Crippen molar-refractivity contribution in [2.24, 2.45) is 0 Å². The van der Waals surface area contributed by atoms with E-state index in [0.29, 0.717) is 23.2 Å². The highest BCUT2D eigenvalue weighted by atomic mass is 32.1. The number of anilines is 2. The van der Waals surface area contributed by atoms with Gasteiger partial charge in [0, 0.05) is 22.7 Å². The standard InChI is InChI=1S/C27H23N3O4S2/c1-15-8-10-35-25(15)26(32)30-9-7-18-13-19(4-5-20(18)30)24-16(2)36-27(29-24)28-23(31)12-17-3-6-21-22(11-17)34-14-33-21/h3-6,8,10-11,13H,7,9,12,14H2,1-2H3,(H,28,29,31). The van der Waals surface area contributed by atoms with Crippen molar-refractivity contribution < 1.29 is 19.1 Å². The summed E-state index contributed by atoms with van der Waals surface area (Å²) < 4.78 is 10.7. The van der Waals surface area contributed by atoms with Gasteiger partial charge in [0.15, 0.2) is 16.6 Å². The van der Waals surface area contributed by atoms with Crippen molar-refractivity contribution in [1.82, 2.24) is 4.98 Å². The highest BCUT2D eigenvalue weighted by Crippen LogP contribution is 2.37. The smallest absolute Gasteiger partial charge is 0.268 e. The lowest BCUT2D eigenvalue weighted by atomic mass is 10.1. The molecule has 0 aliphatic carbocycles. The van der Waals surface area contributed by atoms with Crippen LogP contribution in [-0.4, -0.2) is 30.1 Å². The third-order valence-electron chi connectivity index (χ3n) is 6.39. The molecule has 6 rings (SSSR count). The average Bonchev–Trinajstić information content (AvgIpc) is 3.64. The van der Waals surface area contributed by atoms with Crippen LogP contribution in [0.4, 0.5) is 10.8 Å². The molecule has 0 bridgehead atoms. The SMILES string of the molecule is Cc1ccsc1C(=O)N1CCc2cc(-c3nc(NC(=O)Cc4ccc5c(c4)OCO5)sc3C)ccc21. The highest BCUT2D eigenvalue weighted by Gasteiger charge is 2.28. The number of benzene rings is 2. The monoisotopic (exact) mass is 517 g/mol. The number of fused-ring (bicyclic) bond motifs is 2. The first kappa shape index (κ1) is 22.8. The molecule has 0 radical (unpaired) electrons. The Hall–Kier alpha value is -3.69. The first-order valence-corrected chi connectivity index (χ1v) is 13.3. The number of aromatic nitrogens is 1. The van der Waals surface area contributed by atoms with Gasteiger partial charge in [-0.2, -0.15) is 0 Å². The molecule has 0 fully saturated rings. The van der Waals surface area contributed by atoms with Crippen LogP contribution in [0, 0.1) is 13.8 Å². The zero-order valence-electron chi connectivity index (χ0n) is 19.8. The van der Waals surface area contributed by atoms with Crippen LogP contribution in [0.5, 0.6) is 11.5 Å². The summed E-state index contributed by atoms with van der Waals surface area (Å²) >= 11 is 2.94. The van der Waals surface area contributed by atoms with Crippen LogP contribution >= 0.6 is 22.7 Å². The van der Waals surface area contributed by atoms with Crippen molar-refractivity contribution in [3.63, 3.8) is 0 Å². The third kappa shape index (κ3) is 4.14. The van der Waals surface area contributed by atoms with E-state index in [4.69, 9.17) is 14.5 Å². The van der Waals surface area contributed by atoms with E-state index in [-0.39, 0.29) is 25.0 Å². The van der Waals surface area contributed by atoms with Gasteiger partial charge < -0.3 is 19.7 Å². The number of ether oxygens (including phenoxy) is 2. The molecule has 36 heavy (non-hydrogen) atoms. The molecule has 7 nitrogen and oxygen atoms in total. The molecule has 0 unspecified atom stereocenters. The second kappa shape index (κ2) is 9.07. The van der Waals surface area contributed by atoms with Crippen molar-refractivity contribution in [1.29, 1.82) is 0 Å². The minimum absolute atomic E-state index is 0.0614. The third-order valence-corrected chi connectivity index (χ3v) is 8.29. The molecule has 1 N–H and O–H groups in total. The van der Waals surface area contributed by atoms with Gasteiger partial charge in [-0.3, -0.25) is 9.59 Å². The normalized spacial score (nSPS) is 13.7. The van der Waals surface area contributed by atoms with E-state index in [1.165, 1.54) is 22.7 Å². The molecule has 2 aromatic heterocycles. The fraction of sp³-hybridized carbons (Fsp3) is 0.222. The Morgan fingerprint density at radius 2 is 1.94 bits per heavy atom. The molecule has 4 heterocycles. The van der Waals surface area contributed by atoms with Gasteiger partial charge in [0.2, 0.25) is 12.7 Å². The maximum absolute atomic E-state index is 13.1. The zero-order valence-corrected chi connectivity index (χ0v) is 21.4. The molecule has 2 aromatic carbocycles. The fourth-order valence-corrected chi connectivity index (χ4v) is 6.32.